The molecule has 1 N–H and O–H groups in total. The Kier molecular flexibility index (Phi) is 11.1. The van der Waals surface area contributed by atoms with Gasteiger partial charge in [0.05, 0.1) is 0 Å². The third kappa shape index (κ3) is 8.34. The summed E-state index contributed by atoms with van der Waals surface area (Å²) in [6.45, 7) is 11.7. The summed E-state index contributed by atoms with van der Waals surface area (Å²) in [6, 6.07) is 5.33. The van der Waals surface area contributed by atoms with E-state index < -0.39 is 0 Å². The van der Waals surface area contributed by atoms with Gasteiger partial charge in [0.15, 0.2) is 0 Å². The van der Waals surface area contributed by atoms with Crippen molar-refractivity contribution < 1.29 is 4.74 Å². The summed E-state index contributed by atoms with van der Waals surface area (Å²) in [6.07, 6.45) is 17.3. The first-order valence-electron chi connectivity index (χ1n) is 13.5. The molecule has 3 unspecified atom stereocenters. The third-order valence-corrected chi connectivity index (χ3v) is 8.38. The molecule has 1 radical (unpaired) electrons. The Balaban J connectivity index is 1.68. The zero-order valence-corrected chi connectivity index (χ0v) is 24.9. The Morgan fingerprint density at radius 1 is 1.26 bits per heavy atom. The zero-order chi connectivity index (χ0) is 25.4. The van der Waals surface area contributed by atoms with Crippen LogP contribution in [-0.2, 0) is 17.6 Å². The molecular formula is C31H44NOSSe. The Labute approximate surface area is 227 Å². The van der Waals surface area contributed by atoms with Gasteiger partial charge in [-0.05, 0) is 57.1 Å². The number of ether oxygens (including phenoxy) is 1. The van der Waals surface area contributed by atoms with Crippen LogP contribution in [0, 0.1) is 6.92 Å². The molecular weight excluding hydrogens is 513 g/mol. The van der Waals surface area contributed by atoms with Crippen LogP contribution >= 0.6 is 12.2 Å². The summed E-state index contributed by atoms with van der Waals surface area (Å²) in [5.41, 5.74) is 9.87. The van der Waals surface area contributed by atoms with Crippen molar-refractivity contribution in [1.29, 1.82) is 0 Å². The monoisotopic (exact) mass is 558 g/mol. The van der Waals surface area contributed by atoms with Gasteiger partial charge in [0, 0.05) is 5.92 Å². The van der Waals surface area contributed by atoms with Crippen LogP contribution in [0.5, 0.6) is 0 Å². The van der Waals surface area contributed by atoms with E-state index in [0.29, 0.717) is 28.4 Å². The first-order valence-corrected chi connectivity index (χ1v) is 14.9. The molecule has 0 saturated heterocycles. The van der Waals surface area contributed by atoms with E-state index in [1.54, 1.807) is 0 Å². The summed E-state index contributed by atoms with van der Waals surface area (Å²) in [5, 5.41) is 4.28. The topological polar surface area (TPSA) is 21.3 Å². The van der Waals surface area contributed by atoms with Crippen molar-refractivity contribution in [2.24, 2.45) is 0 Å². The molecule has 4 heteroatoms. The molecule has 0 saturated carbocycles. The van der Waals surface area contributed by atoms with E-state index >= 15 is 0 Å². The summed E-state index contributed by atoms with van der Waals surface area (Å²) >= 11 is 8.96. The molecule has 0 fully saturated rings. The van der Waals surface area contributed by atoms with Crippen LogP contribution in [0.2, 0.25) is 4.82 Å². The molecule has 0 aromatic heterocycles. The predicted molar refractivity (Wildman–Crippen MR) is 156 cm³/mol. The van der Waals surface area contributed by atoms with E-state index in [0.717, 1.165) is 19.3 Å². The number of hydrogen-bond acceptors (Lipinski definition) is 3. The molecule has 1 aliphatic heterocycles. The Bertz CT molecular complexity index is 974. The Hall–Kier alpha value is -1.35. The Morgan fingerprint density at radius 3 is 2.74 bits per heavy atom. The van der Waals surface area contributed by atoms with Gasteiger partial charge in [-0.3, -0.25) is 0 Å². The summed E-state index contributed by atoms with van der Waals surface area (Å²) < 4.78 is 6.04. The van der Waals surface area contributed by atoms with Crippen LogP contribution in [0.1, 0.15) is 101 Å². The van der Waals surface area contributed by atoms with Gasteiger partial charge in [-0.15, -0.1) is 0 Å². The van der Waals surface area contributed by atoms with Crippen LogP contribution < -0.4 is 5.32 Å². The maximum atomic E-state index is 6.04. The SMILES string of the molecule is CCCCCc1cc(C)c(C2C=C(C)CCC2)c(CC(=S)OC/C=C/C2=C(C)NC(C(C)[Se])C2)c1. The standard InChI is InChI=1S/C31H44NOSSe/c1-6-7-8-12-25-17-22(3)31(27-13-9-11-21(2)16-27)28(18-25)20-30(34)33-15-10-14-26-19-29(24(5)35)32-23(26)4/h10,14,16-18,24,27,29,32H,6-9,11-13,15,19-20H2,1-5H3/b14-10+. The molecule has 2 nitrogen and oxygen atoms in total. The molecule has 1 aromatic rings. The van der Waals surface area contributed by atoms with Gasteiger partial charge < -0.3 is 0 Å². The number of unbranched alkanes of at least 4 members (excludes halogenated alkanes) is 2. The molecule has 0 spiro atoms. The van der Waals surface area contributed by atoms with Crippen molar-refractivity contribution in [3.05, 3.63) is 69.5 Å². The summed E-state index contributed by atoms with van der Waals surface area (Å²) in [7, 11) is 0. The van der Waals surface area contributed by atoms with Crippen LogP contribution in [0.15, 0.2) is 47.2 Å². The van der Waals surface area contributed by atoms with E-state index in [9.17, 15) is 0 Å². The number of allylic oxidation sites excluding steroid dienone is 4. The van der Waals surface area contributed by atoms with Crippen LogP contribution in [0.4, 0.5) is 0 Å². The van der Waals surface area contributed by atoms with Gasteiger partial charge in [0.25, 0.3) is 0 Å². The average Bonchev–Trinajstić information content (AvgIpc) is 3.17. The molecule has 0 bridgehead atoms. The summed E-state index contributed by atoms with van der Waals surface area (Å²) in [5.74, 6) is 0.502. The van der Waals surface area contributed by atoms with Crippen molar-refractivity contribution in [2.45, 2.75) is 109 Å². The normalized spacial score (nSPS) is 21.3. The molecule has 191 valence electrons. The molecule has 0 amide bonds. The number of aryl methyl sites for hydroxylation is 2. The average molecular weight is 558 g/mol. The quantitative estimate of drug-likeness (QED) is 0.129. The van der Waals surface area contributed by atoms with Gasteiger partial charge in [-0.2, -0.15) is 0 Å². The predicted octanol–water partition coefficient (Wildman–Crippen LogP) is 8.00. The fourth-order valence-corrected chi connectivity index (χ4v) is 6.09. The van der Waals surface area contributed by atoms with Crippen molar-refractivity contribution >= 4 is 33.3 Å². The minimum atomic E-state index is 0.486. The van der Waals surface area contributed by atoms with Crippen molar-refractivity contribution in [1.82, 2.24) is 5.32 Å². The van der Waals surface area contributed by atoms with E-state index in [4.69, 9.17) is 17.0 Å². The van der Waals surface area contributed by atoms with Crippen LogP contribution in [0.25, 0.3) is 0 Å². The van der Waals surface area contributed by atoms with E-state index in [-0.39, 0.29) is 0 Å². The van der Waals surface area contributed by atoms with Crippen LogP contribution in [0.3, 0.4) is 0 Å². The maximum absolute atomic E-state index is 6.04. The third-order valence-electron chi connectivity index (χ3n) is 7.43. The minimum absolute atomic E-state index is 0.486. The van der Waals surface area contributed by atoms with Crippen molar-refractivity contribution in [2.75, 3.05) is 6.61 Å². The number of rotatable bonds is 11. The van der Waals surface area contributed by atoms with E-state index in [1.807, 2.05) is 0 Å². The zero-order valence-electron chi connectivity index (χ0n) is 22.4. The molecule has 2 aliphatic rings. The first kappa shape index (κ1) is 28.2. The van der Waals surface area contributed by atoms with E-state index in [2.05, 4.69) is 86.3 Å². The number of thiocarbonyl (C=S) groups is 1. The van der Waals surface area contributed by atoms with Gasteiger partial charge in [0.2, 0.25) is 0 Å². The molecule has 3 rings (SSSR count). The fourth-order valence-electron chi connectivity index (χ4n) is 5.52. The number of hydrogen-bond donors (Lipinski definition) is 1. The first-order chi connectivity index (χ1) is 16.8. The Morgan fingerprint density at radius 2 is 2.06 bits per heavy atom. The van der Waals surface area contributed by atoms with E-state index in [1.165, 1.54) is 77.6 Å². The number of benzene rings is 1. The second-order valence-electron chi connectivity index (χ2n) is 10.5. The van der Waals surface area contributed by atoms with Gasteiger partial charge in [-0.25, -0.2) is 0 Å². The second-order valence-corrected chi connectivity index (χ2v) is 12.5. The molecule has 3 atom stereocenters. The van der Waals surface area contributed by atoms with Crippen LogP contribution in [-0.4, -0.2) is 33.7 Å². The fraction of sp³-hybridized carbons (Fsp3) is 0.581. The molecule has 35 heavy (non-hydrogen) atoms. The molecule has 1 aromatic carbocycles. The van der Waals surface area contributed by atoms with Crippen molar-refractivity contribution in [3.63, 3.8) is 0 Å². The van der Waals surface area contributed by atoms with Gasteiger partial charge >= 0.3 is 128 Å². The summed E-state index contributed by atoms with van der Waals surface area (Å²) in [4.78, 5) is 0.512. The molecule has 1 aliphatic carbocycles. The van der Waals surface area contributed by atoms with Crippen molar-refractivity contribution in [3.8, 4) is 0 Å². The van der Waals surface area contributed by atoms with Gasteiger partial charge in [-0.1, -0.05) is 37.5 Å². The van der Waals surface area contributed by atoms with Gasteiger partial charge in [0.1, 0.15) is 0 Å². The number of nitrogens with one attached hydrogen (secondary N) is 1. The molecule has 1 heterocycles. The second kappa shape index (κ2) is 13.8.